The highest BCUT2D eigenvalue weighted by molar-refractivity contribution is 5.99. The Morgan fingerprint density at radius 2 is 2.12 bits per heavy atom. The number of hydrogen-bond acceptors (Lipinski definition) is 4. The van der Waals surface area contributed by atoms with E-state index in [2.05, 4.69) is 20.5 Å². The molecule has 0 aliphatic heterocycles. The van der Waals surface area contributed by atoms with Crippen LogP contribution in [-0.4, -0.2) is 28.2 Å². The van der Waals surface area contributed by atoms with Crippen molar-refractivity contribution in [2.24, 2.45) is 0 Å². The van der Waals surface area contributed by atoms with Crippen molar-refractivity contribution in [3.05, 3.63) is 65.6 Å². The van der Waals surface area contributed by atoms with Gasteiger partial charge in [0, 0.05) is 23.5 Å². The maximum absolute atomic E-state index is 12.7. The lowest BCUT2D eigenvalue weighted by Crippen LogP contribution is -2.27. The van der Waals surface area contributed by atoms with Gasteiger partial charge in [0.2, 0.25) is 0 Å². The van der Waals surface area contributed by atoms with Gasteiger partial charge in [-0.25, -0.2) is 0 Å². The SMILES string of the molecule is COc1ccc(C)cc1[C@@H](C)NC(=O)c1cn[nH]c1-c1cccnc1. The molecular formula is C19H20N4O2. The van der Waals surface area contributed by atoms with E-state index in [0.717, 1.165) is 22.4 Å². The van der Waals surface area contributed by atoms with Crippen LogP contribution >= 0.6 is 0 Å². The standard InChI is InChI=1S/C19H20N4O2/c1-12-6-7-17(25-3)15(9-12)13(2)22-19(24)16-11-21-23-18(16)14-5-4-8-20-10-14/h4-11,13H,1-3H3,(H,21,23)(H,22,24)/t13-/m1/s1. The van der Waals surface area contributed by atoms with Crippen molar-refractivity contribution in [1.82, 2.24) is 20.5 Å². The number of benzene rings is 1. The van der Waals surface area contributed by atoms with Crippen LogP contribution in [0.15, 0.2) is 48.9 Å². The highest BCUT2D eigenvalue weighted by Gasteiger charge is 2.19. The van der Waals surface area contributed by atoms with E-state index in [1.165, 1.54) is 6.20 Å². The normalized spacial score (nSPS) is 11.8. The van der Waals surface area contributed by atoms with Crippen molar-refractivity contribution in [3.8, 4) is 17.0 Å². The molecule has 0 aliphatic rings. The summed E-state index contributed by atoms with van der Waals surface area (Å²) in [4.78, 5) is 16.8. The van der Waals surface area contributed by atoms with E-state index >= 15 is 0 Å². The average molecular weight is 336 g/mol. The molecule has 0 spiro atoms. The molecule has 2 aromatic heterocycles. The largest absolute Gasteiger partial charge is 0.496 e. The van der Waals surface area contributed by atoms with Gasteiger partial charge in [-0.3, -0.25) is 14.9 Å². The fourth-order valence-corrected chi connectivity index (χ4v) is 2.73. The molecule has 0 bridgehead atoms. The number of hydrogen-bond donors (Lipinski definition) is 2. The fraction of sp³-hybridized carbons (Fsp3) is 0.211. The van der Waals surface area contributed by atoms with Gasteiger partial charge in [-0.1, -0.05) is 17.7 Å². The number of ether oxygens (including phenoxy) is 1. The minimum Gasteiger partial charge on any atom is -0.496 e. The lowest BCUT2D eigenvalue weighted by molar-refractivity contribution is 0.0940. The Labute approximate surface area is 146 Å². The maximum Gasteiger partial charge on any atom is 0.255 e. The monoisotopic (exact) mass is 336 g/mol. The number of H-pyrrole nitrogens is 1. The number of aromatic amines is 1. The van der Waals surface area contributed by atoms with Crippen molar-refractivity contribution >= 4 is 5.91 Å². The minimum atomic E-state index is -0.209. The number of carbonyl (C=O) groups excluding carboxylic acids is 1. The van der Waals surface area contributed by atoms with Gasteiger partial charge in [-0.15, -0.1) is 0 Å². The summed E-state index contributed by atoms with van der Waals surface area (Å²) in [6, 6.07) is 9.39. The Bertz CT molecular complexity index is 874. The van der Waals surface area contributed by atoms with Crippen LogP contribution in [0.25, 0.3) is 11.3 Å². The number of nitrogens with one attached hydrogen (secondary N) is 2. The molecule has 0 aliphatic carbocycles. The Morgan fingerprint density at radius 1 is 1.28 bits per heavy atom. The molecule has 0 saturated heterocycles. The van der Waals surface area contributed by atoms with E-state index in [-0.39, 0.29) is 11.9 Å². The number of amides is 1. The van der Waals surface area contributed by atoms with Crippen molar-refractivity contribution in [2.75, 3.05) is 7.11 Å². The Morgan fingerprint density at radius 3 is 2.84 bits per heavy atom. The van der Waals surface area contributed by atoms with Gasteiger partial charge in [-0.2, -0.15) is 5.10 Å². The van der Waals surface area contributed by atoms with Crippen LogP contribution in [0.3, 0.4) is 0 Å². The second-order valence-electron chi connectivity index (χ2n) is 5.84. The predicted molar refractivity (Wildman–Crippen MR) is 95.4 cm³/mol. The second-order valence-corrected chi connectivity index (χ2v) is 5.84. The van der Waals surface area contributed by atoms with Crippen LogP contribution < -0.4 is 10.1 Å². The molecule has 0 unspecified atom stereocenters. The molecular weight excluding hydrogens is 316 g/mol. The summed E-state index contributed by atoms with van der Waals surface area (Å²) in [5, 5.41) is 9.89. The molecule has 0 saturated carbocycles. The van der Waals surface area contributed by atoms with Gasteiger partial charge in [0.15, 0.2) is 0 Å². The van der Waals surface area contributed by atoms with Gasteiger partial charge in [0.25, 0.3) is 5.91 Å². The van der Waals surface area contributed by atoms with Crippen molar-refractivity contribution in [3.63, 3.8) is 0 Å². The van der Waals surface area contributed by atoms with Crippen molar-refractivity contribution < 1.29 is 9.53 Å². The first-order chi connectivity index (χ1) is 12.1. The van der Waals surface area contributed by atoms with E-state index in [0.29, 0.717) is 11.3 Å². The van der Waals surface area contributed by atoms with Crippen LogP contribution in [0, 0.1) is 6.92 Å². The van der Waals surface area contributed by atoms with Crippen LogP contribution in [0.4, 0.5) is 0 Å². The van der Waals surface area contributed by atoms with Crippen LogP contribution in [0.1, 0.15) is 34.5 Å². The molecule has 6 nitrogen and oxygen atoms in total. The molecule has 0 radical (unpaired) electrons. The average Bonchev–Trinajstić information content (AvgIpc) is 3.12. The number of aryl methyl sites for hydroxylation is 1. The van der Waals surface area contributed by atoms with Gasteiger partial charge < -0.3 is 10.1 Å². The zero-order valence-electron chi connectivity index (χ0n) is 14.4. The van der Waals surface area contributed by atoms with E-state index in [9.17, 15) is 4.79 Å². The Kier molecular flexibility index (Phi) is 4.79. The molecule has 3 rings (SSSR count). The number of aromatic nitrogens is 3. The molecule has 1 amide bonds. The van der Waals surface area contributed by atoms with E-state index in [1.54, 1.807) is 19.5 Å². The summed E-state index contributed by atoms with van der Waals surface area (Å²) in [6.07, 6.45) is 4.90. The van der Waals surface area contributed by atoms with Gasteiger partial charge in [0.1, 0.15) is 5.75 Å². The molecule has 1 aromatic carbocycles. The first-order valence-electron chi connectivity index (χ1n) is 7.99. The van der Waals surface area contributed by atoms with Crippen LogP contribution in [0.5, 0.6) is 5.75 Å². The summed E-state index contributed by atoms with van der Waals surface area (Å²) in [7, 11) is 1.62. The summed E-state index contributed by atoms with van der Waals surface area (Å²) in [6.45, 7) is 3.94. The lowest BCUT2D eigenvalue weighted by atomic mass is 10.0. The fourth-order valence-electron chi connectivity index (χ4n) is 2.73. The van der Waals surface area contributed by atoms with E-state index in [1.807, 2.05) is 44.2 Å². The smallest absolute Gasteiger partial charge is 0.255 e. The number of rotatable bonds is 5. The first-order valence-corrected chi connectivity index (χ1v) is 7.99. The third-order valence-electron chi connectivity index (χ3n) is 4.03. The molecule has 2 heterocycles. The first kappa shape index (κ1) is 16.7. The third kappa shape index (κ3) is 3.52. The van der Waals surface area contributed by atoms with E-state index < -0.39 is 0 Å². The topological polar surface area (TPSA) is 79.9 Å². The Balaban J connectivity index is 1.84. The van der Waals surface area contributed by atoms with E-state index in [4.69, 9.17) is 4.74 Å². The zero-order valence-corrected chi connectivity index (χ0v) is 14.4. The van der Waals surface area contributed by atoms with Gasteiger partial charge in [-0.05, 0) is 32.0 Å². The highest BCUT2D eigenvalue weighted by Crippen LogP contribution is 2.27. The number of nitrogens with zero attached hydrogens (tertiary/aromatic N) is 2. The zero-order chi connectivity index (χ0) is 17.8. The van der Waals surface area contributed by atoms with Crippen LogP contribution in [-0.2, 0) is 0 Å². The molecule has 3 aromatic rings. The van der Waals surface area contributed by atoms with Gasteiger partial charge in [0.05, 0.1) is 30.6 Å². The van der Waals surface area contributed by atoms with Crippen LogP contribution in [0.2, 0.25) is 0 Å². The summed E-state index contributed by atoms with van der Waals surface area (Å²) in [5.41, 5.74) is 3.98. The maximum atomic E-state index is 12.7. The third-order valence-corrected chi connectivity index (χ3v) is 4.03. The molecule has 128 valence electrons. The molecule has 0 fully saturated rings. The van der Waals surface area contributed by atoms with Gasteiger partial charge >= 0.3 is 0 Å². The predicted octanol–water partition coefficient (Wildman–Crippen LogP) is 3.28. The number of methoxy groups -OCH3 is 1. The summed E-state index contributed by atoms with van der Waals surface area (Å²) < 4.78 is 5.41. The minimum absolute atomic E-state index is 0.205. The highest BCUT2D eigenvalue weighted by atomic mass is 16.5. The Hall–Kier alpha value is -3.15. The summed E-state index contributed by atoms with van der Waals surface area (Å²) >= 11 is 0. The van der Waals surface area contributed by atoms with Crippen molar-refractivity contribution in [2.45, 2.75) is 19.9 Å². The molecule has 25 heavy (non-hydrogen) atoms. The number of carbonyl (C=O) groups is 1. The molecule has 1 atom stereocenters. The number of pyridine rings is 1. The quantitative estimate of drug-likeness (QED) is 0.749. The second kappa shape index (κ2) is 7.17. The molecule has 2 N–H and O–H groups in total. The lowest BCUT2D eigenvalue weighted by Gasteiger charge is -2.18. The summed E-state index contributed by atoms with van der Waals surface area (Å²) in [5.74, 6) is 0.543. The molecule has 6 heteroatoms. The van der Waals surface area contributed by atoms with Crippen molar-refractivity contribution in [1.29, 1.82) is 0 Å².